The summed E-state index contributed by atoms with van der Waals surface area (Å²) in [7, 11) is -3.59. The van der Waals surface area contributed by atoms with Gasteiger partial charge in [0, 0.05) is 5.92 Å². The van der Waals surface area contributed by atoms with Crippen LogP contribution in [-0.4, -0.2) is 8.42 Å². The van der Waals surface area contributed by atoms with Crippen LogP contribution >= 0.6 is 0 Å². The zero-order chi connectivity index (χ0) is 16.4. The SMILES string of the molecule is Cc1ccccc1S(=O)(=O)Nc1c(C)cccc1C1C=CCC1. The molecule has 23 heavy (non-hydrogen) atoms. The third kappa shape index (κ3) is 3.17. The van der Waals surface area contributed by atoms with Gasteiger partial charge in [-0.15, -0.1) is 0 Å². The molecule has 0 spiro atoms. The molecule has 0 bridgehead atoms. The number of nitrogens with one attached hydrogen (secondary N) is 1. The second kappa shape index (κ2) is 6.20. The summed E-state index contributed by atoms with van der Waals surface area (Å²) >= 11 is 0. The Hall–Kier alpha value is -2.07. The van der Waals surface area contributed by atoms with Crippen LogP contribution in [0.15, 0.2) is 59.5 Å². The molecule has 0 heterocycles. The van der Waals surface area contributed by atoms with Gasteiger partial charge < -0.3 is 0 Å². The van der Waals surface area contributed by atoms with Crippen LogP contribution in [0.25, 0.3) is 0 Å². The van der Waals surface area contributed by atoms with Gasteiger partial charge in [-0.1, -0.05) is 48.6 Å². The minimum absolute atomic E-state index is 0.282. The van der Waals surface area contributed by atoms with Crippen molar-refractivity contribution in [3.05, 3.63) is 71.3 Å². The number of sulfonamides is 1. The third-order valence-electron chi connectivity index (χ3n) is 4.34. The highest BCUT2D eigenvalue weighted by molar-refractivity contribution is 7.92. The van der Waals surface area contributed by atoms with Gasteiger partial charge in [0.2, 0.25) is 0 Å². The Morgan fingerprint density at radius 2 is 1.74 bits per heavy atom. The average molecular weight is 327 g/mol. The van der Waals surface area contributed by atoms with Crippen LogP contribution in [0, 0.1) is 13.8 Å². The molecule has 1 unspecified atom stereocenters. The van der Waals surface area contributed by atoms with E-state index in [0.717, 1.165) is 29.5 Å². The summed E-state index contributed by atoms with van der Waals surface area (Å²) in [5, 5.41) is 0. The number of hydrogen-bond acceptors (Lipinski definition) is 2. The van der Waals surface area contributed by atoms with Crippen molar-refractivity contribution in [3.63, 3.8) is 0 Å². The number of anilines is 1. The molecule has 0 aliphatic heterocycles. The van der Waals surface area contributed by atoms with Crippen LogP contribution in [0.4, 0.5) is 5.69 Å². The maximum absolute atomic E-state index is 12.8. The van der Waals surface area contributed by atoms with Crippen LogP contribution in [0.3, 0.4) is 0 Å². The second-order valence-corrected chi connectivity index (χ2v) is 7.67. The van der Waals surface area contributed by atoms with E-state index in [1.54, 1.807) is 12.1 Å². The minimum Gasteiger partial charge on any atom is -0.279 e. The molecule has 0 aromatic heterocycles. The molecule has 0 radical (unpaired) electrons. The van der Waals surface area contributed by atoms with Crippen molar-refractivity contribution < 1.29 is 8.42 Å². The van der Waals surface area contributed by atoms with E-state index in [0.29, 0.717) is 10.6 Å². The topological polar surface area (TPSA) is 46.2 Å². The van der Waals surface area contributed by atoms with Crippen LogP contribution in [0.1, 0.15) is 35.4 Å². The van der Waals surface area contributed by atoms with Crippen LogP contribution in [0.2, 0.25) is 0 Å². The van der Waals surface area contributed by atoms with Gasteiger partial charge in [0.05, 0.1) is 10.6 Å². The van der Waals surface area contributed by atoms with Crippen molar-refractivity contribution in [2.24, 2.45) is 0 Å². The molecule has 1 aliphatic rings. The van der Waals surface area contributed by atoms with Crippen LogP contribution in [-0.2, 0) is 10.0 Å². The van der Waals surface area contributed by atoms with E-state index in [2.05, 4.69) is 16.9 Å². The lowest BCUT2D eigenvalue weighted by molar-refractivity contribution is 0.600. The summed E-state index contributed by atoms with van der Waals surface area (Å²) in [6.07, 6.45) is 6.40. The van der Waals surface area contributed by atoms with E-state index >= 15 is 0 Å². The molecule has 0 amide bonds. The van der Waals surface area contributed by atoms with Crippen molar-refractivity contribution >= 4 is 15.7 Å². The number of aryl methyl sites for hydroxylation is 2. The van der Waals surface area contributed by atoms with E-state index in [1.165, 1.54) is 0 Å². The molecule has 4 heteroatoms. The van der Waals surface area contributed by atoms with Crippen molar-refractivity contribution in [1.82, 2.24) is 0 Å². The lowest BCUT2D eigenvalue weighted by Gasteiger charge is -2.19. The Balaban J connectivity index is 2.03. The lowest BCUT2D eigenvalue weighted by Crippen LogP contribution is -2.16. The van der Waals surface area contributed by atoms with E-state index < -0.39 is 10.0 Å². The fourth-order valence-corrected chi connectivity index (χ4v) is 4.48. The lowest BCUT2D eigenvalue weighted by atomic mass is 9.95. The molecule has 1 aliphatic carbocycles. The molecule has 2 aromatic rings. The molecule has 1 atom stereocenters. The zero-order valence-electron chi connectivity index (χ0n) is 13.4. The third-order valence-corrected chi connectivity index (χ3v) is 5.85. The molecule has 2 aromatic carbocycles. The summed E-state index contributed by atoms with van der Waals surface area (Å²) < 4.78 is 28.5. The van der Waals surface area contributed by atoms with Gasteiger partial charge in [0.1, 0.15) is 0 Å². The Morgan fingerprint density at radius 3 is 2.43 bits per heavy atom. The first-order valence-corrected chi connectivity index (χ1v) is 9.32. The maximum Gasteiger partial charge on any atom is 0.262 e. The number of rotatable bonds is 4. The van der Waals surface area contributed by atoms with E-state index in [-0.39, 0.29) is 5.92 Å². The summed E-state index contributed by atoms with van der Waals surface area (Å²) in [6.45, 7) is 3.75. The largest absolute Gasteiger partial charge is 0.279 e. The van der Waals surface area contributed by atoms with Gasteiger partial charge in [0.15, 0.2) is 0 Å². The summed E-state index contributed by atoms with van der Waals surface area (Å²) in [5.41, 5.74) is 3.46. The molecule has 1 N–H and O–H groups in total. The Morgan fingerprint density at radius 1 is 1.00 bits per heavy atom. The second-order valence-electron chi connectivity index (χ2n) is 6.02. The smallest absolute Gasteiger partial charge is 0.262 e. The molecular formula is C19H21NO2S. The number of hydrogen-bond donors (Lipinski definition) is 1. The van der Waals surface area contributed by atoms with Gasteiger partial charge in [0.25, 0.3) is 10.0 Å². The minimum atomic E-state index is -3.59. The Labute approximate surface area is 138 Å². The molecule has 3 rings (SSSR count). The molecule has 0 fully saturated rings. The van der Waals surface area contributed by atoms with Crippen LogP contribution in [0.5, 0.6) is 0 Å². The Bertz CT molecular complexity index is 853. The summed E-state index contributed by atoms with van der Waals surface area (Å²) in [6, 6.07) is 13.0. The molecule has 120 valence electrons. The first-order valence-electron chi connectivity index (χ1n) is 7.83. The van der Waals surface area contributed by atoms with Gasteiger partial charge in [-0.3, -0.25) is 4.72 Å². The standard InChI is InChI=1S/C19H21NO2S/c1-14-8-3-6-13-18(14)23(21,22)20-19-15(2)9-7-12-17(19)16-10-4-5-11-16/h3-4,6-10,12-13,16,20H,5,11H2,1-2H3. The number of benzene rings is 2. The fourth-order valence-electron chi connectivity index (χ4n) is 3.08. The highest BCUT2D eigenvalue weighted by Crippen LogP contribution is 2.36. The fraction of sp³-hybridized carbons (Fsp3) is 0.263. The first-order chi connectivity index (χ1) is 11.0. The van der Waals surface area contributed by atoms with E-state index in [9.17, 15) is 8.42 Å². The number of allylic oxidation sites excluding steroid dienone is 2. The quantitative estimate of drug-likeness (QED) is 0.838. The average Bonchev–Trinajstić information content (AvgIpc) is 3.03. The predicted molar refractivity (Wildman–Crippen MR) is 94.3 cm³/mol. The zero-order valence-corrected chi connectivity index (χ0v) is 14.2. The van der Waals surface area contributed by atoms with Gasteiger partial charge in [-0.05, 0) is 49.4 Å². The molecular weight excluding hydrogens is 306 g/mol. The van der Waals surface area contributed by atoms with Crippen molar-refractivity contribution in [2.45, 2.75) is 37.5 Å². The van der Waals surface area contributed by atoms with Gasteiger partial charge in [-0.25, -0.2) is 8.42 Å². The predicted octanol–water partition coefficient (Wildman–Crippen LogP) is 4.54. The van der Waals surface area contributed by atoms with Gasteiger partial charge in [-0.2, -0.15) is 0 Å². The van der Waals surface area contributed by atoms with Crippen LogP contribution < -0.4 is 4.72 Å². The van der Waals surface area contributed by atoms with Crippen molar-refractivity contribution in [3.8, 4) is 0 Å². The van der Waals surface area contributed by atoms with Gasteiger partial charge >= 0.3 is 0 Å². The molecule has 0 saturated carbocycles. The van der Waals surface area contributed by atoms with E-state index in [4.69, 9.17) is 0 Å². The number of para-hydroxylation sites is 1. The Kier molecular flexibility index (Phi) is 4.26. The van der Waals surface area contributed by atoms with E-state index in [1.807, 2.05) is 44.2 Å². The maximum atomic E-state index is 12.8. The highest BCUT2D eigenvalue weighted by Gasteiger charge is 2.22. The highest BCUT2D eigenvalue weighted by atomic mass is 32.2. The normalized spacial score (nSPS) is 17.4. The van der Waals surface area contributed by atoms with Crippen molar-refractivity contribution in [2.75, 3.05) is 4.72 Å². The monoisotopic (exact) mass is 327 g/mol. The first kappa shape index (κ1) is 15.8. The summed E-state index contributed by atoms with van der Waals surface area (Å²) in [4.78, 5) is 0.330. The molecule has 3 nitrogen and oxygen atoms in total. The van der Waals surface area contributed by atoms with Crippen molar-refractivity contribution in [1.29, 1.82) is 0 Å². The summed E-state index contributed by atoms with van der Waals surface area (Å²) in [5.74, 6) is 0.282. The molecule has 0 saturated heterocycles.